The van der Waals surface area contributed by atoms with Gasteiger partial charge in [0.05, 0.1) is 6.54 Å². The number of ether oxygens (including phenoxy) is 1. The lowest BCUT2D eigenvalue weighted by Crippen LogP contribution is -2.41. The Balaban J connectivity index is 1.54. The van der Waals surface area contributed by atoms with E-state index in [2.05, 4.69) is 34.9 Å². The molecule has 1 fully saturated rings. The molecule has 2 aromatic carbocycles. The maximum atomic E-state index is 11.9. The van der Waals surface area contributed by atoms with Crippen LogP contribution in [-0.4, -0.2) is 31.7 Å². The lowest BCUT2D eigenvalue weighted by atomic mass is 10.1. The van der Waals surface area contributed by atoms with Gasteiger partial charge in [-0.2, -0.15) is 0 Å². The van der Waals surface area contributed by atoms with Gasteiger partial charge in [0.2, 0.25) is 5.91 Å². The Kier molecular flexibility index (Phi) is 4.36. The van der Waals surface area contributed by atoms with Crippen LogP contribution in [0.15, 0.2) is 42.5 Å². The second kappa shape index (κ2) is 6.59. The van der Waals surface area contributed by atoms with Gasteiger partial charge in [0.1, 0.15) is 0 Å². The molecule has 21 heavy (non-hydrogen) atoms. The first-order valence-electron chi connectivity index (χ1n) is 7.41. The summed E-state index contributed by atoms with van der Waals surface area (Å²) in [6.45, 7) is 1.78. The number of carbonyl (C=O) groups excluding carboxylic acids is 1. The normalized spacial score (nSPS) is 15.8. The molecule has 0 bridgehead atoms. The minimum atomic E-state index is 0.0371. The lowest BCUT2D eigenvalue weighted by Gasteiger charge is -2.23. The molecule has 1 aliphatic rings. The minimum Gasteiger partial charge on any atom is -0.381 e. The predicted molar refractivity (Wildman–Crippen MR) is 84.4 cm³/mol. The highest BCUT2D eigenvalue weighted by Crippen LogP contribution is 2.18. The molecule has 0 unspecified atom stereocenters. The highest BCUT2D eigenvalue weighted by molar-refractivity contribution is 5.87. The van der Waals surface area contributed by atoms with Crippen molar-refractivity contribution in [3.05, 3.63) is 42.5 Å². The van der Waals surface area contributed by atoms with Crippen LogP contribution in [0.25, 0.3) is 10.8 Å². The third-order valence-corrected chi connectivity index (χ3v) is 3.79. The summed E-state index contributed by atoms with van der Waals surface area (Å²) in [5.74, 6) is 0.0371. The molecule has 1 amide bonds. The average molecular weight is 284 g/mol. The van der Waals surface area contributed by atoms with E-state index in [-0.39, 0.29) is 11.9 Å². The third-order valence-electron chi connectivity index (χ3n) is 3.79. The van der Waals surface area contributed by atoms with Gasteiger partial charge in [-0.05, 0) is 35.7 Å². The zero-order chi connectivity index (χ0) is 14.5. The van der Waals surface area contributed by atoms with Gasteiger partial charge in [-0.25, -0.2) is 0 Å². The van der Waals surface area contributed by atoms with E-state index in [1.54, 1.807) is 0 Å². The average Bonchev–Trinajstić information content (AvgIpc) is 2.54. The molecule has 2 aromatic rings. The number of hydrogen-bond acceptors (Lipinski definition) is 3. The van der Waals surface area contributed by atoms with Crippen molar-refractivity contribution in [1.82, 2.24) is 5.32 Å². The number of fused-ring (bicyclic) bond motifs is 1. The molecule has 0 spiro atoms. The van der Waals surface area contributed by atoms with E-state index in [0.29, 0.717) is 6.54 Å². The van der Waals surface area contributed by atoms with Gasteiger partial charge < -0.3 is 15.4 Å². The summed E-state index contributed by atoms with van der Waals surface area (Å²) in [6.07, 6.45) is 1.81. The van der Waals surface area contributed by atoms with Gasteiger partial charge in [0.15, 0.2) is 0 Å². The van der Waals surface area contributed by atoms with Crippen LogP contribution in [0, 0.1) is 0 Å². The smallest absolute Gasteiger partial charge is 0.239 e. The fourth-order valence-corrected chi connectivity index (χ4v) is 2.60. The fraction of sp³-hybridized carbons (Fsp3) is 0.353. The first-order valence-corrected chi connectivity index (χ1v) is 7.41. The van der Waals surface area contributed by atoms with Crippen molar-refractivity contribution in [1.29, 1.82) is 0 Å². The molecule has 3 rings (SSSR count). The van der Waals surface area contributed by atoms with Crippen LogP contribution in [-0.2, 0) is 9.53 Å². The maximum Gasteiger partial charge on any atom is 0.239 e. The Labute approximate surface area is 124 Å². The van der Waals surface area contributed by atoms with Gasteiger partial charge in [-0.15, -0.1) is 0 Å². The van der Waals surface area contributed by atoms with Crippen molar-refractivity contribution in [2.24, 2.45) is 0 Å². The second-order valence-corrected chi connectivity index (χ2v) is 5.37. The van der Waals surface area contributed by atoms with Crippen molar-refractivity contribution in [3.63, 3.8) is 0 Å². The van der Waals surface area contributed by atoms with E-state index in [4.69, 9.17) is 4.74 Å². The van der Waals surface area contributed by atoms with Crippen molar-refractivity contribution in [2.75, 3.05) is 25.1 Å². The summed E-state index contributed by atoms with van der Waals surface area (Å²) in [5.41, 5.74) is 0.968. The van der Waals surface area contributed by atoms with Crippen molar-refractivity contribution in [2.45, 2.75) is 18.9 Å². The molecular formula is C17H20N2O2. The van der Waals surface area contributed by atoms with Crippen molar-refractivity contribution in [3.8, 4) is 0 Å². The third kappa shape index (κ3) is 3.73. The Morgan fingerprint density at radius 1 is 1.10 bits per heavy atom. The van der Waals surface area contributed by atoms with Gasteiger partial charge in [-0.1, -0.05) is 30.3 Å². The summed E-state index contributed by atoms with van der Waals surface area (Å²) >= 11 is 0. The van der Waals surface area contributed by atoms with Crippen LogP contribution in [0.4, 0.5) is 5.69 Å². The Morgan fingerprint density at radius 3 is 2.67 bits per heavy atom. The SMILES string of the molecule is O=C(CNc1ccc2ccccc2c1)NC1CCOCC1. The van der Waals surface area contributed by atoms with Crippen LogP contribution in [0.2, 0.25) is 0 Å². The summed E-state index contributed by atoms with van der Waals surface area (Å²) in [6, 6.07) is 14.6. The van der Waals surface area contributed by atoms with Crippen LogP contribution < -0.4 is 10.6 Å². The molecular weight excluding hydrogens is 264 g/mol. The number of rotatable bonds is 4. The van der Waals surface area contributed by atoms with Gasteiger partial charge in [0, 0.05) is 24.9 Å². The topological polar surface area (TPSA) is 50.4 Å². The molecule has 0 aliphatic carbocycles. The summed E-state index contributed by atoms with van der Waals surface area (Å²) in [4.78, 5) is 11.9. The largest absolute Gasteiger partial charge is 0.381 e. The van der Waals surface area contributed by atoms with Crippen LogP contribution in [0.3, 0.4) is 0 Å². The zero-order valence-electron chi connectivity index (χ0n) is 12.0. The van der Waals surface area contributed by atoms with Crippen LogP contribution in [0.1, 0.15) is 12.8 Å². The molecule has 0 aromatic heterocycles. The molecule has 1 aliphatic heterocycles. The minimum absolute atomic E-state index is 0.0371. The zero-order valence-corrected chi connectivity index (χ0v) is 12.0. The van der Waals surface area contributed by atoms with Crippen molar-refractivity contribution < 1.29 is 9.53 Å². The predicted octanol–water partition coefficient (Wildman–Crippen LogP) is 2.55. The Hall–Kier alpha value is -2.07. The van der Waals surface area contributed by atoms with E-state index in [0.717, 1.165) is 31.7 Å². The lowest BCUT2D eigenvalue weighted by molar-refractivity contribution is -0.120. The van der Waals surface area contributed by atoms with Gasteiger partial charge >= 0.3 is 0 Å². The Morgan fingerprint density at radius 2 is 1.86 bits per heavy atom. The standard InChI is InChI=1S/C17H20N2O2/c20-17(19-15-7-9-21-10-8-15)12-18-16-6-5-13-3-1-2-4-14(13)11-16/h1-6,11,15,18H,7-10,12H2,(H,19,20). The molecule has 0 atom stereocenters. The molecule has 1 heterocycles. The van der Waals surface area contributed by atoms with E-state index in [9.17, 15) is 4.79 Å². The number of nitrogens with one attached hydrogen (secondary N) is 2. The van der Waals surface area contributed by atoms with Crippen molar-refractivity contribution >= 4 is 22.4 Å². The Bertz CT molecular complexity index is 621. The highest BCUT2D eigenvalue weighted by Gasteiger charge is 2.15. The van der Waals surface area contributed by atoms with E-state index < -0.39 is 0 Å². The second-order valence-electron chi connectivity index (χ2n) is 5.37. The first kappa shape index (κ1) is 13.9. The molecule has 1 saturated heterocycles. The molecule has 4 nitrogen and oxygen atoms in total. The first-order chi connectivity index (χ1) is 10.3. The van der Waals surface area contributed by atoms with E-state index >= 15 is 0 Å². The molecule has 0 saturated carbocycles. The maximum absolute atomic E-state index is 11.9. The van der Waals surface area contributed by atoms with Gasteiger partial charge in [0.25, 0.3) is 0 Å². The molecule has 4 heteroatoms. The number of benzene rings is 2. The van der Waals surface area contributed by atoms with Crippen LogP contribution >= 0.6 is 0 Å². The highest BCUT2D eigenvalue weighted by atomic mass is 16.5. The molecule has 0 radical (unpaired) electrons. The molecule has 110 valence electrons. The summed E-state index contributed by atoms with van der Waals surface area (Å²) in [7, 11) is 0. The van der Waals surface area contributed by atoms with E-state index in [1.165, 1.54) is 10.8 Å². The fourth-order valence-electron chi connectivity index (χ4n) is 2.60. The van der Waals surface area contributed by atoms with Gasteiger partial charge in [-0.3, -0.25) is 4.79 Å². The number of amides is 1. The number of carbonyl (C=O) groups is 1. The molecule has 2 N–H and O–H groups in total. The number of hydrogen-bond donors (Lipinski definition) is 2. The quantitative estimate of drug-likeness (QED) is 0.907. The summed E-state index contributed by atoms with van der Waals surface area (Å²) < 4.78 is 5.28. The number of anilines is 1. The van der Waals surface area contributed by atoms with E-state index in [1.807, 2.05) is 18.2 Å². The van der Waals surface area contributed by atoms with Crippen LogP contribution in [0.5, 0.6) is 0 Å². The monoisotopic (exact) mass is 284 g/mol. The summed E-state index contributed by atoms with van der Waals surface area (Å²) in [5, 5.41) is 8.60.